The third-order valence-corrected chi connectivity index (χ3v) is 9.59. The highest BCUT2D eigenvalue weighted by Crippen LogP contribution is 2.23. The molecule has 4 rings (SSSR count). The monoisotopic (exact) mass is 690 g/mol. The molecular formula is C34H42N8O4S2. The summed E-state index contributed by atoms with van der Waals surface area (Å²) >= 11 is 2.64. The average molecular weight is 691 g/mol. The SMILES string of the molecule is CC[C@H](C)[C@H](NC(=O)[C@H](Cc1cscn1)NC(=O)CCc1ccccc1)C(=O)N[C@@H](CCCN=C(N)N)C(=O)c1nc2ccccc2s1. The number of para-hydroxylation sites is 1. The number of guanidine groups is 1. The smallest absolute Gasteiger partial charge is 0.243 e. The lowest BCUT2D eigenvalue weighted by atomic mass is 9.96. The fraction of sp³-hybridized carbons (Fsp3) is 0.382. The van der Waals surface area contributed by atoms with Gasteiger partial charge in [0.15, 0.2) is 11.0 Å². The van der Waals surface area contributed by atoms with Crippen LogP contribution in [0.2, 0.25) is 0 Å². The third-order valence-electron chi connectivity index (χ3n) is 7.91. The van der Waals surface area contributed by atoms with E-state index in [2.05, 4.69) is 30.9 Å². The van der Waals surface area contributed by atoms with Gasteiger partial charge in [-0.2, -0.15) is 0 Å². The van der Waals surface area contributed by atoms with Crippen molar-refractivity contribution >= 4 is 62.4 Å². The molecule has 0 radical (unpaired) electrons. The molecule has 0 saturated carbocycles. The van der Waals surface area contributed by atoms with E-state index in [4.69, 9.17) is 11.5 Å². The van der Waals surface area contributed by atoms with Crippen LogP contribution in [0.25, 0.3) is 10.2 Å². The van der Waals surface area contributed by atoms with E-state index < -0.39 is 29.9 Å². The summed E-state index contributed by atoms with van der Waals surface area (Å²) in [5.41, 5.74) is 15.0. The molecule has 0 saturated heterocycles. The second-order valence-corrected chi connectivity index (χ2v) is 13.3. The summed E-state index contributed by atoms with van der Waals surface area (Å²) in [5, 5.41) is 10.7. The maximum atomic E-state index is 13.9. The number of carbonyl (C=O) groups is 4. The lowest BCUT2D eigenvalue weighted by Gasteiger charge is -2.28. The summed E-state index contributed by atoms with van der Waals surface area (Å²) < 4.78 is 0.855. The molecule has 3 amide bonds. The molecule has 7 N–H and O–H groups in total. The maximum absolute atomic E-state index is 13.9. The largest absolute Gasteiger partial charge is 0.370 e. The number of rotatable bonds is 18. The first-order chi connectivity index (χ1) is 23.1. The molecule has 0 unspecified atom stereocenters. The third kappa shape index (κ3) is 10.7. The highest BCUT2D eigenvalue weighted by atomic mass is 32.1. The predicted molar refractivity (Wildman–Crippen MR) is 190 cm³/mol. The van der Waals surface area contributed by atoms with Gasteiger partial charge >= 0.3 is 0 Å². The van der Waals surface area contributed by atoms with Crippen LogP contribution in [0.4, 0.5) is 0 Å². The lowest BCUT2D eigenvalue weighted by molar-refractivity contribution is -0.133. The number of hydrogen-bond acceptors (Lipinski definition) is 9. The lowest BCUT2D eigenvalue weighted by Crippen LogP contribution is -2.58. The van der Waals surface area contributed by atoms with E-state index >= 15 is 0 Å². The van der Waals surface area contributed by atoms with Crippen molar-refractivity contribution in [2.24, 2.45) is 22.4 Å². The van der Waals surface area contributed by atoms with E-state index in [0.717, 1.165) is 10.3 Å². The second-order valence-electron chi connectivity index (χ2n) is 11.5. The Bertz CT molecular complexity index is 1660. The molecule has 12 nitrogen and oxygen atoms in total. The first-order valence-corrected chi connectivity index (χ1v) is 17.7. The zero-order valence-electron chi connectivity index (χ0n) is 27.1. The first kappa shape index (κ1) is 36.2. The molecule has 2 aromatic carbocycles. The molecule has 0 spiro atoms. The number of nitrogens with two attached hydrogens (primary N) is 2. The van der Waals surface area contributed by atoms with Crippen molar-refractivity contribution in [2.45, 2.75) is 70.5 Å². The van der Waals surface area contributed by atoms with Crippen molar-refractivity contribution in [3.63, 3.8) is 0 Å². The number of benzene rings is 2. The van der Waals surface area contributed by atoms with Crippen LogP contribution < -0.4 is 27.4 Å². The van der Waals surface area contributed by atoms with E-state index in [-0.39, 0.29) is 54.4 Å². The summed E-state index contributed by atoms with van der Waals surface area (Å²) in [6.07, 6.45) is 2.11. The van der Waals surface area contributed by atoms with Crippen LogP contribution in [0.5, 0.6) is 0 Å². The quantitative estimate of drug-likeness (QED) is 0.0454. The summed E-state index contributed by atoms with van der Waals surface area (Å²) in [6, 6.07) is 14.2. The zero-order chi connectivity index (χ0) is 34.5. The Morgan fingerprint density at radius 3 is 2.38 bits per heavy atom. The van der Waals surface area contributed by atoms with Crippen LogP contribution in [0.1, 0.15) is 60.6 Å². The van der Waals surface area contributed by atoms with Crippen LogP contribution in [-0.2, 0) is 27.2 Å². The van der Waals surface area contributed by atoms with Gasteiger partial charge in [-0.05, 0) is 42.9 Å². The standard InChI is InChI=1S/C34H42N8O4S2/c1-3-21(2)29(42-31(45)26(18-23-19-47-20-38-23)39-28(43)16-15-22-10-5-4-6-11-22)32(46)40-25(13-9-17-37-34(35)36)30(44)33-41-24-12-7-8-14-27(24)48-33/h4-8,10-12,14,19-21,25-26,29H,3,9,13,15-18H2,1-2H3,(H,39,43)(H,40,46)(H,42,45)(H4,35,36,37)/t21-,25-,26-,29-/m0/s1. The molecule has 0 aliphatic rings. The van der Waals surface area contributed by atoms with Crippen molar-refractivity contribution < 1.29 is 19.2 Å². The molecular weight excluding hydrogens is 649 g/mol. The number of carbonyl (C=O) groups excluding carboxylic acids is 4. The molecule has 0 bridgehead atoms. The van der Waals surface area contributed by atoms with Gasteiger partial charge < -0.3 is 27.4 Å². The number of ketones is 1. The van der Waals surface area contributed by atoms with Crippen molar-refractivity contribution in [3.05, 3.63) is 81.8 Å². The van der Waals surface area contributed by atoms with Crippen molar-refractivity contribution in [2.75, 3.05) is 6.54 Å². The molecule has 254 valence electrons. The molecule has 2 aromatic heterocycles. The number of hydrogen-bond donors (Lipinski definition) is 5. The highest BCUT2D eigenvalue weighted by molar-refractivity contribution is 7.20. The van der Waals surface area contributed by atoms with Gasteiger partial charge in [-0.25, -0.2) is 9.97 Å². The van der Waals surface area contributed by atoms with Gasteiger partial charge in [0.25, 0.3) is 0 Å². The average Bonchev–Trinajstić information content (AvgIpc) is 3.77. The van der Waals surface area contributed by atoms with Gasteiger partial charge in [0.05, 0.1) is 27.5 Å². The molecule has 4 atom stereocenters. The first-order valence-electron chi connectivity index (χ1n) is 15.9. The Hall–Kier alpha value is -4.69. The van der Waals surface area contributed by atoms with E-state index in [9.17, 15) is 19.2 Å². The summed E-state index contributed by atoms with van der Waals surface area (Å²) in [4.78, 5) is 67.2. The van der Waals surface area contributed by atoms with Gasteiger partial charge in [-0.3, -0.25) is 24.2 Å². The second kappa shape index (κ2) is 18.0. The number of aliphatic imine (C=N–C) groups is 1. The van der Waals surface area contributed by atoms with Crippen molar-refractivity contribution in [3.8, 4) is 0 Å². The molecule has 48 heavy (non-hydrogen) atoms. The number of thiazole rings is 2. The molecule has 4 aromatic rings. The molecule has 14 heteroatoms. The number of Topliss-reactive ketones (excluding diaryl/α,β-unsaturated/α-hetero) is 1. The van der Waals surface area contributed by atoms with E-state index in [1.807, 2.05) is 73.8 Å². The van der Waals surface area contributed by atoms with E-state index in [1.165, 1.54) is 22.7 Å². The minimum atomic E-state index is -0.981. The summed E-state index contributed by atoms with van der Waals surface area (Å²) in [6.45, 7) is 4.03. The maximum Gasteiger partial charge on any atom is 0.243 e. The molecule has 0 fully saturated rings. The number of nitrogens with one attached hydrogen (secondary N) is 3. The van der Waals surface area contributed by atoms with E-state index in [0.29, 0.717) is 30.5 Å². The number of amides is 3. The van der Waals surface area contributed by atoms with Crippen LogP contribution >= 0.6 is 22.7 Å². The Morgan fingerprint density at radius 1 is 0.938 bits per heavy atom. The molecule has 0 aliphatic heterocycles. The van der Waals surface area contributed by atoms with Gasteiger partial charge in [0, 0.05) is 24.8 Å². The van der Waals surface area contributed by atoms with Crippen LogP contribution in [0.15, 0.2) is 70.5 Å². The minimum Gasteiger partial charge on any atom is -0.370 e. The van der Waals surface area contributed by atoms with Gasteiger partial charge in [0.2, 0.25) is 23.5 Å². The highest BCUT2D eigenvalue weighted by Gasteiger charge is 2.33. The Balaban J connectivity index is 1.50. The zero-order valence-corrected chi connectivity index (χ0v) is 28.7. The number of aromatic nitrogens is 2. The molecule has 0 aliphatic carbocycles. The van der Waals surface area contributed by atoms with Crippen LogP contribution in [-0.4, -0.2) is 64.1 Å². The Morgan fingerprint density at radius 2 is 1.69 bits per heavy atom. The number of nitrogens with zero attached hydrogens (tertiary/aromatic N) is 3. The van der Waals surface area contributed by atoms with Crippen LogP contribution in [0, 0.1) is 5.92 Å². The fourth-order valence-corrected chi connectivity index (χ4v) is 6.57. The normalized spacial score (nSPS) is 13.5. The van der Waals surface area contributed by atoms with Gasteiger partial charge in [-0.1, -0.05) is 62.7 Å². The predicted octanol–water partition coefficient (Wildman–Crippen LogP) is 3.37. The number of fused-ring (bicyclic) bond motifs is 1. The van der Waals surface area contributed by atoms with Crippen LogP contribution in [0.3, 0.4) is 0 Å². The summed E-state index contributed by atoms with van der Waals surface area (Å²) in [5.74, 6) is -2.01. The summed E-state index contributed by atoms with van der Waals surface area (Å²) in [7, 11) is 0. The minimum absolute atomic E-state index is 0.0630. The topological polar surface area (TPSA) is 195 Å². The molecule has 2 heterocycles. The Kier molecular flexibility index (Phi) is 13.6. The van der Waals surface area contributed by atoms with Crippen molar-refractivity contribution in [1.29, 1.82) is 0 Å². The Labute approximate surface area is 287 Å². The van der Waals surface area contributed by atoms with Gasteiger partial charge in [-0.15, -0.1) is 22.7 Å². The van der Waals surface area contributed by atoms with Crippen molar-refractivity contribution in [1.82, 2.24) is 25.9 Å². The van der Waals surface area contributed by atoms with E-state index in [1.54, 1.807) is 5.51 Å². The number of aryl methyl sites for hydroxylation is 1. The van der Waals surface area contributed by atoms with Gasteiger partial charge in [0.1, 0.15) is 12.1 Å². The fourth-order valence-electron chi connectivity index (χ4n) is 5.04.